The zero-order valence-corrected chi connectivity index (χ0v) is 12.0. The molecular weight excluding hydrogens is 268 g/mol. The van der Waals surface area contributed by atoms with Crippen LogP contribution in [0.2, 0.25) is 5.28 Å². The summed E-state index contributed by atoms with van der Waals surface area (Å²) >= 11 is 5.82. The fourth-order valence-electron chi connectivity index (χ4n) is 1.19. The van der Waals surface area contributed by atoms with Gasteiger partial charge in [-0.15, -0.1) is 0 Å². The van der Waals surface area contributed by atoms with Crippen molar-refractivity contribution < 1.29 is 4.74 Å². The van der Waals surface area contributed by atoms with E-state index in [1.165, 1.54) is 0 Å². The summed E-state index contributed by atoms with van der Waals surface area (Å²) in [4.78, 5) is 12.0. The SMILES string of the molecule is CCC(C)(C#N)Nc1nc(Cl)nc(NCCOC)n1. The monoisotopic (exact) mass is 284 g/mol. The number of nitrogens with zero attached hydrogens (tertiary/aromatic N) is 4. The van der Waals surface area contributed by atoms with Crippen LogP contribution in [0.4, 0.5) is 11.9 Å². The molecule has 0 aromatic carbocycles. The van der Waals surface area contributed by atoms with Gasteiger partial charge in [-0.3, -0.25) is 0 Å². The molecule has 0 aliphatic heterocycles. The minimum atomic E-state index is -0.742. The third-order valence-electron chi connectivity index (χ3n) is 2.54. The molecule has 1 unspecified atom stereocenters. The van der Waals surface area contributed by atoms with Crippen molar-refractivity contribution in [3.05, 3.63) is 5.28 Å². The first-order valence-electron chi connectivity index (χ1n) is 5.87. The first-order valence-corrected chi connectivity index (χ1v) is 6.24. The molecule has 2 N–H and O–H groups in total. The van der Waals surface area contributed by atoms with E-state index in [0.717, 1.165) is 0 Å². The summed E-state index contributed by atoms with van der Waals surface area (Å²) in [6.45, 7) is 4.75. The Morgan fingerprint density at radius 1 is 1.37 bits per heavy atom. The van der Waals surface area contributed by atoms with Gasteiger partial charge in [0.15, 0.2) is 0 Å². The lowest BCUT2D eigenvalue weighted by Gasteiger charge is -2.21. The van der Waals surface area contributed by atoms with E-state index in [-0.39, 0.29) is 11.2 Å². The molecule has 0 saturated heterocycles. The topological polar surface area (TPSA) is 95.8 Å². The Labute approximate surface area is 117 Å². The number of methoxy groups -OCH3 is 1. The Hall–Kier alpha value is -1.65. The second kappa shape index (κ2) is 7.07. The second-order valence-electron chi connectivity index (χ2n) is 4.09. The van der Waals surface area contributed by atoms with Crippen LogP contribution in [-0.2, 0) is 4.74 Å². The molecule has 7 nitrogen and oxygen atoms in total. The van der Waals surface area contributed by atoms with Gasteiger partial charge in [0.1, 0.15) is 5.54 Å². The van der Waals surface area contributed by atoms with Gasteiger partial charge in [0.05, 0.1) is 12.7 Å². The van der Waals surface area contributed by atoms with E-state index in [1.807, 2.05) is 6.92 Å². The van der Waals surface area contributed by atoms with Crippen molar-refractivity contribution in [3.8, 4) is 6.07 Å². The lowest BCUT2D eigenvalue weighted by atomic mass is 10.0. The van der Waals surface area contributed by atoms with E-state index < -0.39 is 5.54 Å². The zero-order chi connectivity index (χ0) is 14.3. The summed E-state index contributed by atoms with van der Waals surface area (Å²) in [5, 5.41) is 15.1. The van der Waals surface area contributed by atoms with Crippen LogP contribution >= 0.6 is 11.6 Å². The van der Waals surface area contributed by atoms with Crippen molar-refractivity contribution >= 4 is 23.5 Å². The van der Waals surface area contributed by atoms with E-state index in [4.69, 9.17) is 21.6 Å². The Kier molecular flexibility index (Phi) is 5.73. The number of anilines is 2. The lowest BCUT2D eigenvalue weighted by Crippen LogP contribution is -2.33. The van der Waals surface area contributed by atoms with Crippen LogP contribution < -0.4 is 10.6 Å². The quantitative estimate of drug-likeness (QED) is 0.735. The Morgan fingerprint density at radius 2 is 2.05 bits per heavy atom. The highest BCUT2D eigenvalue weighted by molar-refractivity contribution is 6.28. The number of rotatable bonds is 7. The molecule has 0 radical (unpaired) electrons. The zero-order valence-electron chi connectivity index (χ0n) is 11.2. The average Bonchev–Trinajstić information content (AvgIpc) is 2.38. The van der Waals surface area contributed by atoms with Gasteiger partial charge in [0.2, 0.25) is 17.2 Å². The molecule has 1 aromatic rings. The average molecular weight is 285 g/mol. The maximum atomic E-state index is 9.11. The van der Waals surface area contributed by atoms with Gasteiger partial charge in [-0.25, -0.2) is 0 Å². The van der Waals surface area contributed by atoms with Crippen molar-refractivity contribution in [1.82, 2.24) is 15.0 Å². The number of nitrogens with one attached hydrogen (secondary N) is 2. The summed E-state index contributed by atoms with van der Waals surface area (Å²) in [7, 11) is 1.61. The first kappa shape index (κ1) is 15.4. The van der Waals surface area contributed by atoms with Crippen LogP contribution in [0.15, 0.2) is 0 Å². The molecule has 1 atom stereocenters. The van der Waals surface area contributed by atoms with Crippen LogP contribution in [0.3, 0.4) is 0 Å². The highest BCUT2D eigenvalue weighted by Crippen LogP contribution is 2.16. The normalized spacial score (nSPS) is 13.4. The number of hydrogen-bond acceptors (Lipinski definition) is 7. The first-order chi connectivity index (χ1) is 9.03. The summed E-state index contributed by atoms with van der Waals surface area (Å²) in [6.07, 6.45) is 0.610. The number of halogens is 1. The van der Waals surface area contributed by atoms with E-state index in [9.17, 15) is 0 Å². The van der Waals surface area contributed by atoms with Crippen molar-refractivity contribution in [3.63, 3.8) is 0 Å². The van der Waals surface area contributed by atoms with Crippen LogP contribution in [0.25, 0.3) is 0 Å². The van der Waals surface area contributed by atoms with Crippen LogP contribution in [0.5, 0.6) is 0 Å². The fourth-order valence-corrected chi connectivity index (χ4v) is 1.35. The highest BCUT2D eigenvalue weighted by Gasteiger charge is 2.22. The molecule has 1 heterocycles. The Bertz CT molecular complexity index is 463. The van der Waals surface area contributed by atoms with Crippen LogP contribution in [0.1, 0.15) is 20.3 Å². The molecule has 0 amide bonds. The van der Waals surface area contributed by atoms with Gasteiger partial charge in [-0.05, 0) is 24.9 Å². The van der Waals surface area contributed by atoms with Crippen molar-refractivity contribution in [2.75, 3.05) is 30.9 Å². The minimum Gasteiger partial charge on any atom is -0.383 e. The lowest BCUT2D eigenvalue weighted by molar-refractivity contribution is 0.210. The molecule has 1 rings (SSSR count). The molecule has 19 heavy (non-hydrogen) atoms. The molecule has 1 aromatic heterocycles. The summed E-state index contributed by atoms with van der Waals surface area (Å²) in [5.74, 6) is 0.613. The highest BCUT2D eigenvalue weighted by atomic mass is 35.5. The molecular formula is C11H17ClN6O. The number of hydrogen-bond donors (Lipinski definition) is 2. The summed E-state index contributed by atoms with van der Waals surface area (Å²) in [5.41, 5.74) is -0.742. The number of aromatic nitrogens is 3. The fraction of sp³-hybridized carbons (Fsp3) is 0.636. The van der Waals surface area contributed by atoms with Gasteiger partial charge in [-0.1, -0.05) is 6.92 Å². The molecule has 0 aliphatic carbocycles. The van der Waals surface area contributed by atoms with Gasteiger partial charge in [0, 0.05) is 13.7 Å². The summed E-state index contributed by atoms with van der Waals surface area (Å²) in [6, 6.07) is 2.17. The van der Waals surface area contributed by atoms with Crippen LogP contribution in [0, 0.1) is 11.3 Å². The Morgan fingerprint density at radius 3 is 2.63 bits per heavy atom. The second-order valence-corrected chi connectivity index (χ2v) is 4.43. The van der Waals surface area contributed by atoms with E-state index in [0.29, 0.717) is 25.5 Å². The third kappa shape index (κ3) is 4.85. The van der Waals surface area contributed by atoms with Gasteiger partial charge in [-0.2, -0.15) is 20.2 Å². The predicted molar refractivity (Wildman–Crippen MR) is 73.1 cm³/mol. The smallest absolute Gasteiger partial charge is 0.230 e. The maximum absolute atomic E-state index is 9.11. The molecule has 0 saturated carbocycles. The van der Waals surface area contributed by atoms with E-state index in [1.54, 1.807) is 14.0 Å². The molecule has 0 spiro atoms. The Balaban J connectivity index is 2.82. The van der Waals surface area contributed by atoms with Gasteiger partial charge < -0.3 is 15.4 Å². The van der Waals surface area contributed by atoms with Gasteiger partial charge in [0.25, 0.3) is 0 Å². The summed E-state index contributed by atoms with van der Waals surface area (Å²) < 4.78 is 4.91. The standard InChI is InChI=1S/C11H17ClN6O/c1-4-11(2,7-13)18-10-16-8(12)15-9(17-10)14-5-6-19-3/h4-6H2,1-3H3,(H2,14,15,16,17,18). The molecule has 8 heteroatoms. The van der Waals surface area contributed by atoms with Gasteiger partial charge >= 0.3 is 0 Å². The number of ether oxygens (including phenoxy) is 1. The maximum Gasteiger partial charge on any atom is 0.230 e. The van der Waals surface area contributed by atoms with E-state index in [2.05, 4.69) is 31.7 Å². The third-order valence-corrected chi connectivity index (χ3v) is 2.71. The molecule has 0 fully saturated rings. The molecule has 104 valence electrons. The largest absolute Gasteiger partial charge is 0.383 e. The minimum absolute atomic E-state index is 0.0637. The van der Waals surface area contributed by atoms with E-state index >= 15 is 0 Å². The molecule has 0 aliphatic rings. The van der Waals surface area contributed by atoms with Crippen molar-refractivity contribution in [2.24, 2.45) is 0 Å². The predicted octanol–water partition coefficient (Wildman–Crippen LogP) is 1.69. The van der Waals surface area contributed by atoms with Crippen molar-refractivity contribution in [1.29, 1.82) is 5.26 Å². The van der Waals surface area contributed by atoms with Crippen molar-refractivity contribution in [2.45, 2.75) is 25.8 Å². The molecule has 0 bridgehead atoms. The van der Waals surface area contributed by atoms with Crippen LogP contribution in [-0.4, -0.2) is 40.8 Å². The number of nitriles is 1.